The zero-order chi connectivity index (χ0) is 21.8. The second-order valence-corrected chi connectivity index (χ2v) is 8.90. The number of halogens is 1. The van der Waals surface area contributed by atoms with Crippen molar-refractivity contribution in [3.8, 4) is 0 Å². The van der Waals surface area contributed by atoms with Crippen molar-refractivity contribution < 1.29 is 9.53 Å². The predicted molar refractivity (Wildman–Crippen MR) is 124 cm³/mol. The molecule has 0 atom stereocenters. The molecule has 2 aromatic heterocycles. The molecule has 0 radical (unpaired) electrons. The van der Waals surface area contributed by atoms with E-state index in [0.29, 0.717) is 37.0 Å². The van der Waals surface area contributed by atoms with Gasteiger partial charge in [-0.15, -0.1) is 11.3 Å². The number of rotatable bonds is 6. The number of ether oxygens (including phenoxy) is 1. The minimum atomic E-state index is 0.104. The summed E-state index contributed by atoms with van der Waals surface area (Å²) in [6.07, 6.45) is 0.670. The summed E-state index contributed by atoms with van der Waals surface area (Å²) in [5.41, 5.74) is 3.04. The van der Waals surface area contributed by atoms with Gasteiger partial charge >= 0.3 is 0 Å². The molecule has 8 heteroatoms. The lowest BCUT2D eigenvalue weighted by molar-refractivity contribution is 0.0751. The number of hydrogen-bond acceptors (Lipinski definition) is 6. The summed E-state index contributed by atoms with van der Waals surface area (Å²) in [6.45, 7) is 5.10. The molecule has 3 heterocycles. The van der Waals surface area contributed by atoms with Gasteiger partial charge in [0.2, 0.25) is 0 Å². The summed E-state index contributed by atoms with van der Waals surface area (Å²) >= 11 is 7.70. The van der Waals surface area contributed by atoms with Crippen LogP contribution in [0.2, 0.25) is 5.02 Å². The minimum absolute atomic E-state index is 0.104. The van der Waals surface area contributed by atoms with Crippen LogP contribution >= 0.6 is 22.9 Å². The molecule has 0 spiro atoms. The lowest BCUT2D eigenvalue weighted by Crippen LogP contribution is -2.49. The summed E-state index contributed by atoms with van der Waals surface area (Å²) in [5.74, 6) is 1.74. The molecule has 1 aromatic carbocycles. The number of amides is 1. The second-order valence-electron chi connectivity index (χ2n) is 7.52. The summed E-state index contributed by atoms with van der Waals surface area (Å²) in [5, 5.41) is 2.65. The topological polar surface area (TPSA) is 58.6 Å². The molecule has 1 saturated heterocycles. The zero-order valence-electron chi connectivity index (χ0n) is 17.7. The Labute approximate surface area is 191 Å². The quantitative estimate of drug-likeness (QED) is 0.556. The van der Waals surface area contributed by atoms with Crippen molar-refractivity contribution in [1.82, 2.24) is 14.9 Å². The third-order valence-corrected chi connectivity index (χ3v) is 6.43. The van der Waals surface area contributed by atoms with Gasteiger partial charge in [0.1, 0.15) is 11.6 Å². The van der Waals surface area contributed by atoms with Gasteiger partial charge in [0, 0.05) is 50.3 Å². The maximum atomic E-state index is 12.7. The number of thiophene rings is 1. The molecule has 0 saturated carbocycles. The molecule has 0 bridgehead atoms. The fraction of sp³-hybridized carbons (Fsp3) is 0.348. The van der Waals surface area contributed by atoms with Crippen molar-refractivity contribution >= 4 is 34.7 Å². The third-order valence-electron chi connectivity index (χ3n) is 5.33. The van der Waals surface area contributed by atoms with E-state index >= 15 is 0 Å². The van der Waals surface area contributed by atoms with E-state index in [1.807, 2.05) is 47.5 Å². The van der Waals surface area contributed by atoms with Crippen molar-refractivity contribution in [3.05, 3.63) is 74.3 Å². The van der Waals surface area contributed by atoms with E-state index in [9.17, 15) is 4.79 Å². The molecule has 0 aliphatic carbocycles. The third kappa shape index (κ3) is 5.06. The minimum Gasteiger partial charge on any atom is -0.378 e. The van der Waals surface area contributed by atoms with E-state index < -0.39 is 0 Å². The lowest BCUT2D eigenvalue weighted by Gasteiger charge is -2.36. The van der Waals surface area contributed by atoms with Crippen LogP contribution in [0.4, 0.5) is 5.82 Å². The van der Waals surface area contributed by atoms with Gasteiger partial charge in [-0.2, -0.15) is 0 Å². The van der Waals surface area contributed by atoms with Crippen LogP contribution < -0.4 is 4.90 Å². The van der Waals surface area contributed by atoms with Crippen molar-refractivity contribution in [1.29, 1.82) is 0 Å². The largest absolute Gasteiger partial charge is 0.378 e. The molecule has 1 fully saturated rings. The van der Waals surface area contributed by atoms with Crippen molar-refractivity contribution in [3.63, 3.8) is 0 Å². The first kappa shape index (κ1) is 21.7. The highest BCUT2D eigenvalue weighted by Crippen LogP contribution is 2.27. The Morgan fingerprint density at radius 1 is 1.16 bits per heavy atom. The van der Waals surface area contributed by atoms with Crippen molar-refractivity contribution in [2.75, 3.05) is 38.2 Å². The average molecular weight is 457 g/mol. The van der Waals surface area contributed by atoms with Gasteiger partial charge in [0.05, 0.1) is 17.2 Å². The van der Waals surface area contributed by atoms with E-state index in [2.05, 4.69) is 16.0 Å². The summed E-state index contributed by atoms with van der Waals surface area (Å²) < 4.78 is 5.43. The SMILES string of the molecule is COCc1nc(C)nc(N2CCN(C(=O)c3cccs3)CC2)c1Cc1cccc(Cl)c1. The van der Waals surface area contributed by atoms with Crippen LogP contribution in [0, 0.1) is 6.92 Å². The van der Waals surface area contributed by atoms with Crippen LogP contribution in [-0.4, -0.2) is 54.1 Å². The summed E-state index contributed by atoms with van der Waals surface area (Å²) in [6, 6.07) is 11.7. The molecule has 31 heavy (non-hydrogen) atoms. The van der Waals surface area contributed by atoms with Crippen LogP contribution in [0.1, 0.15) is 32.3 Å². The number of aromatic nitrogens is 2. The fourth-order valence-corrected chi connectivity index (χ4v) is 4.77. The number of nitrogens with zero attached hydrogens (tertiary/aromatic N) is 4. The van der Waals surface area contributed by atoms with Gasteiger partial charge in [0.25, 0.3) is 5.91 Å². The van der Waals surface area contributed by atoms with Crippen LogP contribution in [-0.2, 0) is 17.8 Å². The number of aryl methyl sites for hydroxylation is 1. The van der Waals surface area contributed by atoms with Crippen molar-refractivity contribution in [2.45, 2.75) is 20.0 Å². The molecule has 0 unspecified atom stereocenters. The van der Waals surface area contributed by atoms with E-state index in [4.69, 9.17) is 21.3 Å². The van der Waals surface area contributed by atoms with Crippen LogP contribution in [0.5, 0.6) is 0 Å². The number of benzene rings is 1. The molecular formula is C23H25ClN4O2S. The summed E-state index contributed by atoms with van der Waals surface area (Å²) in [4.78, 5) is 27.1. The highest BCUT2D eigenvalue weighted by atomic mass is 35.5. The van der Waals surface area contributed by atoms with Crippen LogP contribution in [0.15, 0.2) is 41.8 Å². The van der Waals surface area contributed by atoms with Crippen molar-refractivity contribution in [2.24, 2.45) is 0 Å². The Balaban J connectivity index is 1.59. The number of piperazine rings is 1. The normalized spacial score (nSPS) is 14.2. The standard InChI is InChI=1S/C23H25ClN4O2S/c1-16-25-20(15-30-2)19(14-17-5-3-6-18(24)13-17)22(26-16)27-8-10-28(11-9-27)23(29)21-7-4-12-31-21/h3-7,12-13H,8-11,14-15H2,1-2H3. The van der Waals surface area contributed by atoms with Gasteiger partial charge in [-0.05, 0) is 36.1 Å². The molecule has 1 amide bonds. The Kier molecular flexibility index (Phi) is 6.85. The maximum Gasteiger partial charge on any atom is 0.264 e. The Morgan fingerprint density at radius 2 is 1.97 bits per heavy atom. The first-order valence-electron chi connectivity index (χ1n) is 10.2. The van der Waals surface area contributed by atoms with E-state index in [-0.39, 0.29) is 5.91 Å². The van der Waals surface area contributed by atoms with Gasteiger partial charge in [0.15, 0.2) is 0 Å². The maximum absolute atomic E-state index is 12.7. The van der Waals surface area contributed by atoms with E-state index in [0.717, 1.165) is 40.6 Å². The molecule has 3 aromatic rings. The molecule has 4 rings (SSSR count). The van der Waals surface area contributed by atoms with Gasteiger partial charge in [-0.3, -0.25) is 4.79 Å². The smallest absolute Gasteiger partial charge is 0.264 e. The highest BCUT2D eigenvalue weighted by molar-refractivity contribution is 7.12. The van der Waals surface area contributed by atoms with E-state index in [1.54, 1.807) is 7.11 Å². The molecular weight excluding hydrogens is 432 g/mol. The van der Waals surface area contributed by atoms with Gasteiger partial charge in [-0.1, -0.05) is 29.8 Å². The number of anilines is 1. The number of carbonyl (C=O) groups is 1. The molecule has 6 nitrogen and oxygen atoms in total. The van der Waals surface area contributed by atoms with Gasteiger partial charge in [-0.25, -0.2) is 9.97 Å². The Morgan fingerprint density at radius 3 is 2.65 bits per heavy atom. The van der Waals surface area contributed by atoms with E-state index in [1.165, 1.54) is 11.3 Å². The summed E-state index contributed by atoms with van der Waals surface area (Å²) in [7, 11) is 1.68. The highest BCUT2D eigenvalue weighted by Gasteiger charge is 2.26. The Bertz CT molecular complexity index is 1050. The first-order chi connectivity index (χ1) is 15.0. The number of hydrogen-bond donors (Lipinski definition) is 0. The number of carbonyl (C=O) groups excluding carboxylic acids is 1. The monoisotopic (exact) mass is 456 g/mol. The average Bonchev–Trinajstić information content (AvgIpc) is 3.30. The number of methoxy groups -OCH3 is 1. The molecule has 162 valence electrons. The molecule has 1 aliphatic heterocycles. The van der Waals surface area contributed by atoms with Gasteiger partial charge < -0.3 is 14.5 Å². The second kappa shape index (κ2) is 9.77. The van der Waals surface area contributed by atoms with Crippen LogP contribution in [0.25, 0.3) is 0 Å². The lowest BCUT2D eigenvalue weighted by atomic mass is 10.0. The first-order valence-corrected chi connectivity index (χ1v) is 11.5. The Hall–Kier alpha value is -2.48. The predicted octanol–water partition coefficient (Wildman–Crippen LogP) is 4.20. The molecule has 0 N–H and O–H groups in total. The van der Waals surface area contributed by atoms with Crippen LogP contribution in [0.3, 0.4) is 0 Å². The zero-order valence-corrected chi connectivity index (χ0v) is 19.2. The molecule has 1 aliphatic rings. The fourth-order valence-electron chi connectivity index (χ4n) is 3.86.